The summed E-state index contributed by atoms with van der Waals surface area (Å²) in [7, 11) is -1.22. The van der Waals surface area contributed by atoms with Crippen molar-refractivity contribution in [2.45, 2.75) is 119 Å². The van der Waals surface area contributed by atoms with Crippen LogP contribution < -0.4 is 24.8 Å². The molecule has 3 aromatic rings. The molecule has 0 aromatic heterocycles. The number of hydrogen-bond donors (Lipinski definition) is 2. The van der Waals surface area contributed by atoms with Crippen molar-refractivity contribution in [1.29, 1.82) is 0 Å². The maximum Gasteiger partial charge on any atom is 0.340 e. The number of fused-ring (bicyclic) bond motifs is 6. The van der Waals surface area contributed by atoms with Crippen molar-refractivity contribution >= 4 is 49.5 Å². The monoisotopic (exact) mass is 888 g/mol. The van der Waals surface area contributed by atoms with Crippen molar-refractivity contribution < 1.29 is 42.4 Å². The number of anilines is 1. The van der Waals surface area contributed by atoms with Crippen LogP contribution in [0.4, 0.5) is 5.69 Å². The molecule has 0 radical (unpaired) electrons. The Bertz CT molecular complexity index is 2070. The highest BCUT2D eigenvalue weighted by Crippen LogP contribution is 2.57. The van der Waals surface area contributed by atoms with Gasteiger partial charge in [-0.15, -0.1) is 0 Å². The summed E-state index contributed by atoms with van der Waals surface area (Å²) in [5, 5.41) is 6.92. The molecule has 62 heavy (non-hydrogen) atoms. The molecule has 334 valence electrons. The first-order valence-corrected chi connectivity index (χ1v) is 22.8. The van der Waals surface area contributed by atoms with Gasteiger partial charge in [-0.2, -0.15) is 0 Å². The number of carbonyl (C=O) groups is 3. The minimum absolute atomic E-state index is 0.262. The second-order valence-corrected chi connectivity index (χ2v) is 19.9. The molecule has 3 aromatic carbocycles. The van der Waals surface area contributed by atoms with Gasteiger partial charge in [0.05, 0.1) is 23.0 Å². The number of hydrogen-bond acceptors (Lipinski definition) is 11. The van der Waals surface area contributed by atoms with Gasteiger partial charge in [-0.1, -0.05) is 25.3 Å². The minimum Gasteiger partial charge on any atom is -0.456 e. The van der Waals surface area contributed by atoms with E-state index in [1.165, 1.54) is 0 Å². The Hall–Kier alpha value is -4.64. The van der Waals surface area contributed by atoms with Crippen LogP contribution in [0.2, 0.25) is 0 Å². The van der Waals surface area contributed by atoms with Gasteiger partial charge in [0.2, 0.25) is 6.54 Å². The van der Waals surface area contributed by atoms with Crippen LogP contribution in [0.5, 0.6) is 23.0 Å². The molecule has 2 aliphatic rings. The minimum atomic E-state index is -1.42. The van der Waals surface area contributed by atoms with E-state index in [4.69, 9.17) is 46.8 Å². The van der Waals surface area contributed by atoms with Crippen molar-refractivity contribution in [1.82, 2.24) is 9.99 Å². The zero-order valence-corrected chi connectivity index (χ0v) is 39.3. The van der Waals surface area contributed by atoms with E-state index in [2.05, 4.69) is 47.8 Å². The fourth-order valence-corrected chi connectivity index (χ4v) is 8.84. The van der Waals surface area contributed by atoms with Gasteiger partial charge in [-0.25, -0.2) is 16.0 Å². The number of ether oxygens (including phenoxy) is 4. The van der Waals surface area contributed by atoms with E-state index in [1.807, 2.05) is 12.1 Å². The Morgan fingerprint density at radius 1 is 0.790 bits per heavy atom. The summed E-state index contributed by atoms with van der Waals surface area (Å²) in [4.78, 5) is 42.9. The van der Waals surface area contributed by atoms with Crippen molar-refractivity contribution in [2.24, 2.45) is 10.8 Å². The number of esters is 3. The zero-order valence-electron chi connectivity index (χ0n) is 37.6. The number of rotatable bonds is 18. The highest BCUT2D eigenvalue weighted by molar-refractivity contribution is 7.80. The predicted molar refractivity (Wildman–Crippen MR) is 245 cm³/mol. The summed E-state index contributed by atoms with van der Waals surface area (Å²) in [5.41, 5.74) is -0.300. The number of benzene rings is 3. The van der Waals surface area contributed by atoms with Crippen molar-refractivity contribution in [2.75, 3.05) is 31.6 Å². The molecular weight excluding hydrogens is 828 g/mol. The maximum atomic E-state index is 13.8. The van der Waals surface area contributed by atoms with Crippen molar-refractivity contribution in [3.05, 3.63) is 88.3 Å². The van der Waals surface area contributed by atoms with E-state index in [1.54, 1.807) is 84.0 Å². The second-order valence-electron chi connectivity index (χ2n) is 18.0. The SMILES string of the molecule is [C-]#[N+]CCOP(OCCCCCCCNC(=S)Nc1ccc2c(c1)C(=O)OC21c2ccc(OC(=O)C(C)(C)C)cc2Oc2cc(OC(=O)C(C)(C)C)ccc21)N(C(C)C)C(C)C. The van der Waals surface area contributed by atoms with E-state index in [0.29, 0.717) is 70.9 Å². The first-order valence-electron chi connectivity index (χ1n) is 21.3. The van der Waals surface area contributed by atoms with Crippen LogP contribution in [0.1, 0.15) is 128 Å². The molecular formula is C47H61N4O9PS. The van der Waals surface area contributed by atoms with Crippen molar-refractivity contribution in [3.63, 3.8) is 0 Å². The first kappa shape index (κ1) is 48.4. The lowest BCUT2D eigenvalue weighted by molar-refractivity contribution is -0.143. The number of nitrogens with zero attached hydrogens (tertiary/aromatic N) is 2. The van der Waals surface area contributed by atoms with E-state index < -0.39 is 42.9 Å². The highest BCUT2D eigenvalue weighted by Gasteiger charge is 2.54. The zero-order chi connectivity index (χ0) is 45.4. The van der Waals surface area contributed by atoms with Crippen LogP contribution in [0.15, 0.2) is 54.6 Å². The van der Waals surface area contributed by atoms with Crippen molar-refractivity contribution in [3.8, 4) is 23.0 Å². The average Bonchev–Trinajstić information content (AvgIpc) is 3.47. The standard InChI is InChI=1S/C47H61N4O9PS/c1-30(2)51(31(3)4)61(56-26-24-48-11)55-25-16-14-12-13-15-23-49-44(62)50-32-17-20-36-35(27-32)41(52)60-47(36)37-21-18-33(57-42(53)45(5,6)7)28-39(37)59-40-29-34(19-22-38(40)47)58-43(54)46(8,9)10/h17-22,27-31H,12-16,23-26H2,1-10H3,(H2,49,50,62). The molecule has 2 aliphatic heterocycles. The van der Waals surface area contributed by atoms with Crippen LogP contribution >= 0.6 is 20.7 Å². The van der Waals surface area contributed by atoms with Gasteiger partial charge < -0.3 is 43.5 Å². The third kappa shape index (κ3) is 11.7. The highest BCUT2D eigenvalue weighted by atomic mass is 32.1. The largest absolute Gasteiger partial charge is 0.456 e. The van der Waals surface area contributed by atoms with Crippen LogP contribution in [0.3, 0.4) is 0 Å². The maximum absolute atomic E-state index is 13.8. The quantitative estimate of drug-likeness (QED) is 0.0313. The Morgan fingerprint density at radius 2 is 1.32 bits per heavy atom. The summed E-state index contributed by atoms with van der Waals surface area (Å²) in [6.07, 6.45) is 4.96. The third-order valence-electron chi connectivity index (χ3n) is 10.1. The summed E-state index contributed by atoms with van der Waals surface area (Å²) in [6, 6.07) is 15.9. The molecule has 2 heterocycles. The summed E-state index contributed by atoms with van der Waals surface area (Å²) >= 11 is 5.63. The molecule has 0 aliphatic carbocycles. The van der Waals surface area contributed by atoms with E-state index in [-0.39, 0.29) is 23.6 Å². The van der Waals surface area contributed by atoms with Gasteiger partial charge in [-0.05, 0) is 131 Å². The fraction of sp³-hybridized carbons (Fsp3) is 0.511. The number of thiocarbonyl (C=S) groups is 1. The van der Waals surface area contributed by atoms with Gasteiger partial charge in [-0.3, -0.25) is 9.59 Å². The second kappa shape index (κ2) is 20.7. The Morgan fingerprint density at radius 3 is 1.87 bits per heavy atom. The summed E-state index contributed by atoms with van der Waals surface area (Å²) in [5.74, 6) is -0.242. The molecule has 0 saturated carbocycles. The molecule has 0 bridgehead atoms. The number of nitrogens with one attached hydrogen (secondary N) is 2. The predicted octanol–water partition coefficient (Wildman–Crippen LogP) is 10.7. The van der Waals surface area contributed by atoms with Gasteiger partial charge in [0.15, 0.2) is 10.7 Å². The van der Waals surface area contributed by atoms with E-state index in [9.17, 15) is 14.4 Å². The van der Waals surface area contributed by atoms with E-state index >= 15 is 0 Å². The van der Waals surface area contributed by atoms with Gasteiger partial charge in [0.25, 0.3) is 8.53 Å². The molecule has 15 heteroatoms. The lowest BCUT2D eigenvalue weighted by Gasteiger charge is -2.36. The van der Waals surface area contributed by atoms with Gasteiger partial charge in [0, 0.05) is 53.1 Å². The van der Waals surface area contributed by atoms with Crippen LogP contribution in [0.25, 0.3) is 4.85 Å². The number of carbonyl (C=O) groups excluding carboxylic acids is 3. The summed E-state index contributed by atoms with van der Waals surface area (Å²) < 4.78 is 38.6. The van der Waals surface area contributed by atoms with Gasteiger partial charge >= 0.3 is 17.9 Å². The molecule has 1 atom stereocenters. The Balaban J connectivity index is 1.23. The van der Waals surface area contributed by atoms with Crippen LogP contribution in [-0.4, -0.2) is 66.1 Å². The molecule has 0 fully saturated rings. The first-order chi connectivity index (χ1) is 29.3. The molecule has 13 nitrogen and oxygen atoms in total. The summed E-state index contributed by atoms with van der Waals surface area (Å²) in [6.45, 7) is 28.2. The molecule has 0 amide bonds. The van der Waals surface area contributed by atoms with Crippen LogP contribution in [0, 0.1) is 17.4 Å². The molecule has 0 saturated heterocycles. The Labute approximate surface area is 373 Å². The smallest absolute Gasteiger partial charge is 0.340 e. The Kier molecular flexibility index (Phi) is 16.2. The topological polar surface area (TPSA) is 138 Å². The number of unbranched alkanes of at least 4 members (excludes halogenated alkanes) is 4. The lowest BCUT2D eigenvalue weighted by Crippen LogP contribution is -2.33. The van der Waals surface area contributed by atoms with Crippen LogP contribution in [-0.2, 0) is 29.0 Å². The normalized spacial score (nSPS) is 14.4. The molecule has 1 spiro atoms. The lowest BCUT2D eigenvalue weighted by atomic mass is 9.77. The fourth-order valence-electron chi connectivity index (χ4n) is 7.00. The van der Waals surface area contributed by atoms with Gasteiger partial charge in [0.1, 0.15) is 29.6 Å². The molecule has 5 rings (SSSR count). The molecule has 2 N–H and O–H groups in total. The average molecular weight is 889 g/mol. The van der Waals surface area contributed by atoms with E-state index in [0.717, 1.165) is 32.1 Å². The molecule has 1 unspecified atom stereocenters. The third-order valence-corrected chi connectivity index (χ3v) is 12.5.